The maximum absolute atomic E-state index is 11.7. The van der Waals surface area contributed by atoms with Crippen LogP contribution in [-0.4, -0.2) is 16.6 Å². The summed E-state index contributed by atoms with van der Waals surface area (Å²) in [5.74, 6) is -0.288. The second-order valence-electron chi connectivity index (χ2n) is 4.14. The molecule has 4 heteroatoms. The molecule has 82 valence electrons. The molecule has 15 heavy (non-hydrogen) atoms. The average molecular weight is 228 g/mol. The first-order chi connectivity index (χ1) is 7.08. The van der Waals surface area contributed by atoms with E-state index in [2.05, 4.69) is 0 Å². The van der Waals surface area contributed by atoms with Gasteiger partial charge in [-0.25, -0.2) is 4.79 Å². The van der Waals surface area contributed by atoms with Crippen molar-refractivity contribution in [1.82, 2.24) is 4.57 Å². The van der Waals surface area contributed by atoms with Gasteiger partial charge in [0.15, 0.2) is 0 Å². The Hall–Kier alpha value is -0.960. The number of hydrogen-bond donors (Lipinski definition) is 0. The zero-order valence-electron chi connectivity index (χ0n) is 8.87. The van der Waals surface area contributed by atoms with Crippen LogP contribution in [0.25, 0.3) is 0 Å². The lowest BCUT2D eigenvalue weighted by molar-refractivity contribution is 0.0365. The van der Waals surface area contributed by atoms with E-state index in [1.807, 2.05) is 18.4 Å². The maximum atomic E-state index is 11.7. The summed E-state index contributed by atoms with van der Waals surface area (Å²) in [7, 11) is 0. The van der Waals surface area contributed by atoms with Gasteiger partial charge in [0.1, 0.15) is 5.69 Å². The number of ether oxygens (including phenoxy) is 1. The third-order valence-electron chi connectivity index (χ3n) is 2.31. The van der Waals surface area contributed by atoms with Crippen LogP contribution in [0.2, 0.25) is 5.02 Å². The lowest BCUT2D eigenvalue weighted by Crippen LogP contribution is -2.15. The minimum atomic E-state index is -0.288. The lowest BCUT2D eigenvalue weighted by atomic mass is 10.4. The Balaban J connectivity index is 2.22. The fraction of sp³-hybridized carbons (Fsp3) is 0.545. The zero-order valence-corrected chi connectivity index (χ0v) is 9.62. The Bertz CT molecular complexity index is 380. The summed E-state index contributed by atoms with van der Waals surface area (Å²) in [5.41, 5.74) is 0.566. The smallest absolute Gasteiger partial charge is 0.355 e. The Morgan fingerprint density at radius 2 is 2.27 bits per heavy atom. The summed E-state index contributed by atoms with van der Waals surface area (Å²) in [4.78, 5) is 11.7. The van der Waals surface area contributed by atoms with Gasteiger partial charge in [-0.3, -0.25) is 0 Å². The number of esters is 1. The van der Waals surface area contributed by atoms with Crippen molar-refractivity contribution in [1.29, 1.82) is 0 Å². The number of halogens is 1. The number of rotatable bonds is 3. The molecule has 1 heterocycles. The van der Waals surface area contributed by atoms with E-state index in [1.165, 1.54) is 0 Å². The summed E-state index contributed by atoms with van der Waals surface area (Å²) in [6.45, 7) is 3.67. The van der Waals surface area contributed by atoms with Gasteiger partial charge in [0.25, 0.3) is 0 Å². The highest BCUT2D eigenvalue weighted by Gasteiger charge is 2.28. The average Bonchev–Trinajstić information content (AvgIpc) is 2.88. The molecule has 0 radical (unpaired) electrons. The first-order valence-corrected chi connectivity index (χ1v) is 5.54. The van der Waals surface area contributed by atoms with Gasteiger partial charge in [-0.2, -0.15) is 0 Å². The molecule has 2 rings (SSSR count). The van der Waals surface area contributed by atoms with Crippen LogP contribution in [0.15, 0.2) is 12.3 Å². The molecule has 0 bridgehead atoms. The van der Waals surface area contributed by atoms with Crippen molar-refractivity contribution in [3.05, 3.63) is 23.0 Å². The summed E-state index contributed by atoms with van der Waals surface area (Å²) in [5, 5.41) is 0.595. The largest absolute Gasteiger partial charge is 0.458 e. The van der Waals surface area contributed by atoms with Crippen molar-refractivity contribution in [3.8, 4) is 0 Å². The van der Waals surface area contributed by atoms with E-state index in [1.54, 1.807) is 12.3 Å². The Morgan fingerprint density at radius 1 is 1.60 bits per heavy atom. The van der Waals surface area contributed by atoms with Crippen LogP contribution < -0.4 is 0 Å². The van der Waals surface area contributed by atoms with E-state index in [0.29, 0.717) is 16.8 Å². The van der Waals surface area contributed by atoms with Gasteiger partial charge < -0.3 is 9.30 Å². The molecule has 3 nitrogen and oxygen atoms in total. The number of aromatic nitrogens is 1. The van der Waals surface area contributed by atoms with Crippen molar-refractivity contribution in [2.24, 2.45) is 0 Å². The van der Waals surface area contributed by atoms with E-state index in [0.717, 1.165) is 12.8 Å². The van der Waals surface area contributed by atoms with E-state index < -0.39 is 0 Å². The molecule has 0 atom stereocenters. The van der Waals surface area contributed by atoms with Crippen molar-refractivity contribution in [2.75, 3.05) is 0 Å². The van der Waals surface area contributed by atoms with E-state index in [-0.39, 0.29) is 12.1 Å². The van der Waals surface area contributed by atoms with E-state index in [9.17, 15) is 4.79 Å². The lowest BCUT2D eigenvalue weighted by Gasteiger charge is -2.09. The van der Waals surface area contributed by atoms with Gasteiger partial charge in [0.05, 0.1) is 11.1 Å². The number of carbonyl (C=O) groups excluding carboxylic acids is 1. The maximum Gasteiger partial charge on any atom is 0.355 e. The SMILES string of the molecule is CC(C)OC(=O)c1cc(Cl)cn1C1CC1. The molecule has 1 aromatic heterocycles. The normalized spacial score (nSPS) is 15.7. The highest BCUT2D eigenvalue weighted by molar-refractivity contribution is 6.31. The van der Waals surface area contributed by atoms with Crippen molar-refractivity contribution >= 4 is 17.6 Å². The minimum Gasteiger partial charge on any atom is -0.458 e. The van der Waals surface area contributed by atoms with Crippen molar-refractivity contribution < 1.29 is 9.53 Å². The fourth-order valence-corrected chi connectivity index (χ4v) is 1.75. The highest BCUT2D eigenvalue weighted by atomic mass is 35.5. The van der Waals surface area contributed by atoms with Crippen LogP contribution in [0.1, 0.15) is 43.2 Å². The van der Waals surface area contributed by atoms with Crippen LogP contribution in [0.3, 0.4) is 0 Å². The first kappa shape index (κ1) is 10.6. The minimum absolute atomic E-state index is 0.0983. The summed E-state index contributed by atoms with van der Waals surface area (Å²) in [6.07, 6.45) is 3.94. The van der Waals surface area contributed by atoms with Crippen LogP contribution in [0, 0.1) is 0 Å². The molecule has 0 saturated heterocycles. The van der Waals surface area contributed by atoms with Gasteiger partial charge in [-0.05, 0) is 32.8 Å². The zero-order chi connectivity index (χ0) is 11.0. The molecule has 0 unspecified atom stereocenters. The van der Waals surface area contributed by atoms with Crippen LogP contribution in [-0.2, 0) is 4.74 Å². The van der Waals surface area contributed by atoms with Gasteiger partial charge in [-0.1, -0.05) is 11.6 Å². The predicted molar refractivity (Wildman–Crippen MR) is 58.3 cm³/mol. The Kier molecular flexibility index (Phi) is 2.74. The fourth-order valence-electron chi connectivity index (χ4n) is 1.54. The number of hydrogen-bond acceptors (Lipinski definition) is 2. The quantitative estimate of drug-likeness (QED) is 0.744. The molecular weight excluding hydrogens is 214 g/mol. The van der Waals surface area contributed by atoms with Gasteiger partial charge in [-0.15, -0.1) is 0 Å². The second-order valence-corrected chi connectivity index (χ2v) is 4.57. The summed E-state index contributed by atoms with van der Waals surface area (Å²) < 4.78 is 7.07. The Labute approximate surface area is 94.0 Å². The summed E-state index contributed by atoms with van der Waals surface area (Å²) >= 11 is 5.89. The molecular formula is C11H14ClNO2. The molecule has 0 spiro atoms. The summed E-state index contributed by atoms with van der Waals surface area (Å²) in [6, 6.07) is 2.11. The first-order valence-electron chi connectivity index (χ1n) is 5.16. The molecule has 1 fully saturated rings. The topological polar surface area (TPSA) is 31.2 Å². The van der Waals surface area contributed by atoms with Crippen LogP contribution in [0.5, 0.6) is 0 Å². The third-order valence-corrected chi connectivity index (χ3v) is 2.51. The molecule has 0 amide bonds. The number of carbonyl (C=O) groups is 1. The van der Waals surface area contributed by atoms with Gasteiger partial charge in [0.2, 0.25) is 0 Å². The van der Waals surface area contributed by atoms with Crippen molar-refractivity contribution in [2.45, 2.75) is 38.8 Å². The Morgan fingerprint density at radius 3 is 2.80 bits per heavy atom. The molecule has 1 saturated carbocycles. The second kappa shape index (κ2) is 3.89. The van der Waals surface area contributed by atoms with Crippen molar-refractivity contribution in [3.63, 3.8) is 0 Å². The van der Waals surface area contributed by atoms with E-state index in [4.69, 9.17) is 16.3 Å². The monoisotopic (exact) mass is 227 g/mol. The number of nitrogens with zero attached hydrogens (tertiary/aromatic N) is 1. The van der Waals surface area contributed by atoms with Gasteiger partial charge in [0, 0.05) is 12.2 Å². The molecule has 1 aromatic rings. The molecule has 1 aliphatic rings. The highest BCUT2D eigenvalue weighted by Crippen LogP contribution is 2.37. The predicted octanol–water partition coefficient (Wildman–Crippen LogP) is 3.04. The molecule has 0 aromatic carbocycles. The van der Waals surface area contributed by atoms with Crippen LogP contribution >= 0.6 is 11.6 Å². The molecule has 1 aliphatic carbocycles. The molecule has 0 N–H and O–H groups in total. The van der Waals surface area contributed by atoms with Crippen LogP contribution in [0.4, 0.5) is 0 Å². The molecule has 0 aliphatic heterocycles. The van der Waals surface area contributed by atoms with E-state index >= 15 is 0 Å². The standard InChI is InChI=1S/C11H14ClNO2/c1-7(2)15-11(14)10-5-8(12)6-13(10)9-3-4-9/h5-7,9H,3-4H2,1-2H3. The van der Waals surface area contributed by atoms with Gasteiger partial charge >= 0.3 is 5.97 Å². The third kappa shape index (κ3) is 2.34.